The number of carbonyl (C=O) groups excluding carboxylic acids is 1. The minimum Gasteiger partial charge on any atom is -0.364 e. The molecule has 3 rings (SSSR count). The van der Waals surface area contributed by atoms with Crippen LogP contribution in [0.3, 0.4) is 0 Å². The SMILES string of the molecule is O=C(C1=NNC[C@H]1c1ccc(Cl)cc1)[C@H]1CO1. The van der Waals surface area contributed by atoms with Crippen molar-refractivity contribution in [3.05, 3.63) is 34.9 Å². The summed E-state index contributed by atoms with van der Waals surface area (Å²) in [5, 5.41) is 4.77. The highest BCUT2D eigenvalue weighted by molar-refractivity contribution is 6.44. The fraction of sp³-hybridized carbons (Fsp3) is 0.333. The topological polar surface area (TPSA) is 54.0 Å². The Bertz CT molecular complexity index is 480. The molecule has 2 atom stereocenters. The maximum Gasteiger partial charge on any atom is 0.210 e. The predicted octanol–water partition coefficient (Wildman–Crippen LogP) is 1.35. The van der Waals surface area contributed by atoms with Gasteiger partial charge in [-0.15, -0.1) is 0 Å². The van der Waals surface area contributed by atoms with Crippen molar-refractivity contribution in [2.24, 2.45) is 5.10 Å². The fourth-order valence-electron chi connectivity index (χ4n) is 1.96. The normalized spacial score (nSPS) is 26.3. The van der Waals surface area contributed by atoms with E-state index in [-0.39, 0.29) is 17.8 Å². The third-order valence-corrected chi connectivity index (χ3v) is 3.23. The molecule has 0 saturated carbocycles. The van der Waals surface area contributed by atoms with Gasteiger partial charge in [0.1, 0.15) is 11.8 Å². The molecule has 1 aromatic carbocycles. The summed E-state index contributed by atoms with van der Waals surface area (Å²) in [7, 11) is 0. The number of nitrogens with one attached hydrogen (secondary N) is 1. The van der Waals surface area contributed by atoms with Gasteiger partial charge < -0.3 is 10.2 Å². The maximum atomic E-state index is 11.9. The first-order valence-electron chi connectivity index (χ1n) is 5.47. The molecular formula is C12H11ClN2O2. The Balaban J connectivity index is 1.85. The molecule has 1 fully saturated rings. The van der Waals surface area contributed by atoms with Gasteiger partial charge in [-0.25, -0.2) is 0 Å². The summed E-state index contributed by atoms with van der Waals surface area (Å²) in [6.45, 7) is 1.17. The van der Waals surface area contributed by atoms with E-state index >= 15 is 0 Å². The summed E-state index contributed by atoms with van der Waals surface area (Å²) >= 11 is 5.84. The third kappa shape index (κ3) is 2.06. The first-order chi connectivity index (χ1) is 8.25. The monoisotopic (exact) mass is 250 g/mol. The molecule has 17 heavy (non-hydrogen) atoms. The average molecular weight is 251 g/mol. The van der Waals surface area contributed by atoms with Crippen molar-refractivity contribution in [3.8, 4) is 0 Å². The van der Waals surface area contributed by atoms with Crippen molar-refractivity contribution in [3.63, 3.8) is 0 Å². The number of carbonyl (C=O) groups is 1. The summed E-state index contributed by atoms with van der Waals surface area (Å²) in [6.07, 6.45) is -0.275. The van der Waals surface area contributed by atoms with Crippen LogP contribution in [0.1, 0.15) is 11.5 Å². The minimum atomic E-state index is -0.275. The van der Waals surface area contributed by atoms with E-state index in [1.54, 1.807) is 0 Å². The number of ketones is 1. The molecule has 88 valence electrons. The van der Waals surface area contributed by atoms with E-state index in [9.17, 15) is 4.79 Å². The van der Waals surface area contributed by atoms with Crippen molar-refractivity contribution in [2.75, 3.05) is 13.2 Å². The van der Waals surface area contributed by atoms with Gasteiger partial charge in [0.05, 0.1) is 12.5 Å². The van der Waals surface area contributed by atoms with E-state index in [1.165, 1.54) is 0 Å². The molecular weight excluding hydrogens is 240 g/mol. The Morgan fingerprint density at radius 2 is 2.12 bits per heavy atom. The smallest absolute Gasteiger partial charge is 0.210 e. The highest BCUT2D eigenvalue weighted by Crippen LogP contribution is 2.25. The van der Waals surface area contributed by atoms with Crippen molar-refractivity contribution >= 4 is 23.1 Å². The zero-order valence-electron chi connectivity index (χ0n) is 9.02. The van der Waals surface area contributed by atoms with E-state index < -0.39 is 0 Å². The Morgan fingerprint density at radius 3 is 2.76 bits per heavy atom. The van der Waals surface area contributed by atoms with Gasteiger partial charge in [0, 0.05) is 11.6 Å². The molecule has 0 aromatic heterocycles. The van der Waals surface area contributed by atoms with Crippen LogP contribution in [0.25, 0.3) is 0 Å². The molecule has 0 amide bonds. The van der Waals surface area contributed by atoms with Crippen LogP contribution >= 0.6 is 11.6 Å². The standard InChI is InChI=1S/C12H11ClN2O2/c13-8-3-1-7(2-4-8)9-5-14-15-11(9)12(16)10-6-17-10/h1-4,9-10,14H,5-6H2/t9-,10+/m0/s1. The maximum absolute atomic E-state index is 11.9. The Kier molecular flexibility index (Phi) is 2.61. The lowest BCUT2D eigenvalue weighted by atomic mass is 9.92. The number of halogens is 1. The highest BCUT2D eigenvalue weighted by Gasteiger charge is 2.39. The van der Waals surface area contributed by atoms with Crippen molar-refractivity contribution in [1.29, 1.82) is 0 Å². The van der Waals surface area contributed by atoms with Crippen molar-refractivity contribution in [2.45, 2.75) is 12.0 Å². The Hall–Kier alpha value is -1.39. The predicted molar refractivity (Wildman–Crippen MR) is 64.4 cm³/mol. The quantitative estimate of drug-likeness (QED) is 0.824. The van der Waals surface area contributed by atoms with E-state index in [4.69, 9.17) is 16.3 Å². The molecule has 2 aliphatic heterocycles. The van der Waals surface area contributed by atoms with Crippen LogP contribution in [0.15, 0.2) is 29.4 Å². The molecule has 4 nitrogen and oxygen atoms in total. The number of nitrogens with zero attached hydrogens (tertiary/aromatic N) is 1. The molecule has 0 aliphatic carbocycles. The molecule has 0 radical (unpaired) electrons. The van der Waals surface area contributed by atoms with Crippen LogP contribution in [0.5, 0.6) is 0 Å². The number of hydrazone groups is 1. The Labute approximate surface area is 104 Å². The molecule has 5 heteroatoms. The number of benzene rings is 1. The number of ether oxygens (including phenoxy) is 1. The van der Waals surface area contributed by atoms with Gasteiger partial charge in [-0.1, -0.05) is 23.7 Å². The number of hydrogen-bond acceptors (Lipinski definition) is 4. The zero-order chi connectivity index (χ0) is 11.8. The molecule has 0 unspecified atom stereocenters. The lowest BCUT2D eigenvalue weighted by Crippen LogP contribution is -2.25. The first kappa shape index (κ1) is 10.7. The summed E-state index contributed by atoms with van der Waals surface area (Å²) in [5.41, 5.74) is 4.49. The summed E-state index contributed by atoms with van der Waals surface area (Å²) < 4.78 is 5.01. The van der Waals surface area contributed by atoms with Crippen molar-refractivity contribution < 1.29 is 9.53 Å². The average Bonchev–Trinajstić information content (AvgIpc) is 3.07. The van der Waals surface area contributed by atoms with Crippen LogP contribution < -0.4 is 5.43 Å². The molecule has 0 spiro atoms. The molecule has 0 bridgehead atoms. The largest absolute Gasteiger partial charge is 0.364 e. The summed E-state index contributed by atoms with van der Waals surface area (Å²) in [5.74, 6) is -0.00100. The van der Waals surface area contributed by atoms with E-state index in [2.05, 4.69) is 10.5 Å². The second kappa shape index (κ2) is 4.13. The molecule has 1 saturated heterocycles. The van der Waals surface area contributed by atoms with E-state index in [1.807, 2.05) is 24.3 Å². The van der Waals surface area contributed by atoms with Gasteiger partial charge in [0.2, 0.25) is 5.78 Å². The zero-order valence-corrected chi connectivity index (χ0v) is 9.78. The summed E-state index contributed by atoms with van der Waals surface area (Å²) in [4.78, 5) is 11.9. The second-order valence-corrected chi connectivity index (χ2v) is 4.59. The van der Waals surface area contributed by atoms with Gasteiger partial charge in [0.15, 0.2) is 0 Å². The van der Waals surface area contributed by atoms with Gasteiger partial charge in [-0.05, 0) is 17.7 Å². The van der Waals surface area contributed by atoms with Crippen LogP contribution in [0, 0.1) is 0 Å². The molecule has 2 aliphatic rings. The minimum absolute atomic E-state index is 0.00367. The van der Waals surface area contributed by atoms with Crippen LogP contribution in [0.4, 0.5) is 0 Å². The van der Waals surface area contributed by atoms with E-state index in [0.29, 0.717) is 23.9 Å². The van der Waals surface area contributed by atoms with E-state index in [0.717, 1.165) is 5.56 Å². The molecule has 1 aromatic rings. The molecule has 1 N–H and O–H groups in total. The van der Waals surface area contributed by atoms with Crippen LogP contribution in [-0.4, -0.2) is 30.8 Å². The summed E-state index contributed by atoms with van der Waals surface area (Å²) in [6, 6.07) is 7.50. The second-order valence-electron chi connectivity index (χ2n) is 4.15. The molecule has 2 heterocycles. The van der Waals surface area contributed by atoms with Crippen LogP contribution in [0.2, 0.25) is 5.02 Å². The number of rotatable bonds is 3. The lowest BCUT2D eigenvalue weighted by molar-refractivity contribution is -0.114. The third-order valence-electron chi connectivity index (χ3n) is 2.98. The van der Waals surface area contributed by atoms with Crippen molar-refractivity contribution in [1.82, 2.24) is 5.43 Å². The highest BCUT2D eigenvalue weighted by atomic mass is 35.5. The van der Waals surface area contributed by atoms with Crippen LogP contribution in [-0.2, 0) is 9.53 Å². The fourth-order valence-corrected chi connectivity index (χ4v) is 2.08. The Morgan fingerprint density at radius 1 is 1.41 bits per heavy atom. The number of epoxide rings is 1. The number of Topliss-reactive ketones (excluding diaryl/α,β-unsaturated/α-hetero) is 1. The first-order valence-corrected chi connectivity index (χ1v) is 5.85. The van der Waals surface area contributed by atoms with Gasteiger partial charge in [-0.3, -0.25) is 4.79 Å². The van der Waals surface area contributed by atoms with Gasteiger partial charge >= 0.3 is 0 Å². The van der Waals surface area contributed by atoms with Gasteiger partial charge in [-0.2, -0.15) is 5.10 Å². The van der Waals surface area contributed by atoms with Gasteiger partial charge in [0.25, 0.3) is 0 Å². The lowest BCUT2D eigenvalue weighted by Gasteiger charge is -2.10. The number of hydrogen-bond donors (Lipinski definition) is 1.